The molecular formula is C8H16N2O3S. The van der Waals surface area contributed by atoms with Crippen molar-refractivity contribution in [2.75, 3.05) is 5.75 Å². The van der Waals surface area contributed by atoms with Gasteiger partial charge in [0.25, 0.3) is 0 Å². The highest BCUT2D eigenvalue weighted by atomic mass is 32.2. The molecule has 0 spiro atoms. The first-order valence-electron chi connectivity index (χ1n) is 4.20. The van der Waals surface area contributed by atoms with E-state index in [1.54, 1.807) is 13.8 Å². The van der Waals surface area contributed by atoms with E-state index in [4.69, 9.17) is 5.73 Å². The molecule has 0 saturated carbocycles. The van der Waals surface area contributed by atoms with Gasteiger partial charge in [0.05, 0.1) is 5.75 Å². The summed E-state index contributed by atoms with van der Waals surface area (Å²) in [5.74, 6) is -1.07. The van der Waals surface area contributed by atoms with Gasteiger partial charge in [-0.25, -0.2) is 13.1 Å². The first-order chi connectivity index (χ1) is 6.30. The predicted molar refractivity (Wildman–Crippen MR) is 54.9 cm³/mol. The lowest BCUT2D eigenvalue weighted by atomic mass is 10.1. The summed E-state index contributed by atoms with van der Waals surface area (Å²) in [6.07, 6.45) is 1.25. The van der Waals surface area contributed by atoms with E-state index in [0.29, 0.717) is 0 Å². The van der Waals surface area contributed by atoms with Gasteiger partial charge in [-0.05, 0) is 5.92 Å². The van der Waals surface area contributed by atoms with Crippen LogP contribution in [0.15, 0.2) is 12.7 Å². The lowest BCUT2D eigenvalue weighted by Gasteiger charge is -2.18. The molecular weight excluding hydrogens is 204 g/mol. The summed E-state index contributed by atoms with van der Waals surface area (Å²) in [5, 5.41) is 0. The number of primary amides is 1. The summed E-state index contributed by atoms with van der Waals surface area (Å²) >= 11 is 0. The highest BCUT2D eigenvalue weighted by Crippen LogP contribution is 2.02. The van der Waals surface area contributed by atoms with Crippen molar-refractivity contribution in [2.45, 2.75) is 19.9 Å². The minimum Gasteiger partial charge on any atom is -0.368 e. The second-order valence-electron chi connectivity index (χ2n) is 3.31. The maximum absolute atomic E-state index is 11.3. The molecule has 0 aliphatic heterocycles. The molecule has 5 nitrogen and oxygen atoms in total. The predicted octanol–water partition coefficient (Wildman–Crippen LogP) is -0.398. The van der Waals surface area contributed by atoms with Gasteiger partial charge in [-0.3, -0.25) is 4.79 Å². The SMILES string of the molecule is C=CCS(=O)(=O)NC(C(N)=O)C(C)C. The van der Waals surface area contributed by atoms with Gasteiger partial charge in [0, 0.05) is 0 Å². The van der Waals surface area contributed by atoms with Crippen molar-refractivity contribution in [1.82, 2.24) is 4.72 Å². The molecule has 0 aliphatic carbocycles. The summed E-state index contributed by atoms with van der Waals surface area (Å²) < 4.78 is 24.7. The monoisotopic (exact) mass is 220 g/mol. The van der Waals surface area contributed by atoms with Gasteiger partial charge in [-0.2, -0.15) is 0 Å². The number of sulfonamides is 1. The van der Waals surface area contributed by atoms with E-state index in [1.807, 2.05) is 0 Å². The van der Waals surface area contributed by atoms with Crippen LogP contribution in [0, 0.1) is 5.92 Å². The molecule has 0 aliphatic rings. The molecule has 3 N–H and O–H groups in total. The van der Waals surface area contributed by atoms with E-state index in [2.05, 4.69) is 11.3 Å². The summed E-state index contributed by atoms with van der Waals surface area (Å²) in [6, 6.07) is -0.861. The number of carbonyl (C=O) groups is 1. The summed E-state index contributed by atoms with van der Waals surface area (Å²) in [4.78, 5) is 10.9. The fourth-order valence-electron chi connectivity index (χ4n) is 0.919. The number of rotatable bonds is 6. The fourth-order valence-corrected chi connectivity index (χ4v) is 2.10. The molecule has 14 heavy (non-hydrogen) atoms. The molecule has 0 fully saturated rings. The Kier molecular flexibility index (Phi) is 4.79. The number of hydrogen-bond acceptors (Lipinski definition) is 3. The summed E-state index contributed by atoms with van der Waals surface area (Å²) in [6.45, 7) is 6.74. The van der Waals surface area contributed by atoms with Crippen LogP contribution in [0.5, 0.6) is 0 Å². The van der Waals surface area contributed by atoms with Crippen LogP contribution in [-0.4, -0.2) is 26.1 Å². The topological polar surface area (TPSA) is 89.3 Å². The van der Waals surface area contributed by atoms with Gasteiger partial charge in [-0.15, -0.1) is 6.58 Å². The van der Waals surface area contributed by atoms with Crippen LogP contribution in [0.4, 0.5) is 0 Å². The van der Waals surface area contributed by atoms with Gasteiger partial charge < -0.3 is 5.73 Å². The molecule has 0 aromatic carbocycles. The van der Waals surface area contributed by atoms with E-state index >= 15 is 0 Å². The lowest BCUT2D eigenvalue weighted by molar-refractivity contribution is -0.120. The zero-order chi connectivity index (χ0) is 11.4. The first kappa shape index (κ1) is 13.1. The molecule has 82 valence electrons. The van der Waals surface area contributed by atoms with Crippen LogP contribution in [0.3, 0.4) is 0 Å². The third kappa shape index (κ3) is 4.38. The minimum absolute atomic E-state index is 0.174. The van der Waals surface area contributed by atoms with Crippen molar-refractivity contribution >= 4 is 15.9 Å². The van der Waals surface area contributed by atoms with Gasteiger partial charge in [0.15, 0.2) is 0 Å². The average Bonchev–Trinajstić information content (AvgIpc) is 1.99. The van der Waals surface area contributed by atoms with Crippen LogP contribution in [0.25, 0.3) is 0 Å². The smallest absolute Gasteiger partial charge is 0.235 e. The Morgan fingerprint density at radius 2 is 2.07 bits per heavy atom. The Morgan fingerprint density at radius 3 is 2.36 bits per heavy atom. The third-order valence-corrected chi connectivity index (χ3v) is 2.90. The zero-order valence-electron chi connectivity index (χ0n) is 8.36. The maximum atomic E-state index is 11.3. The quantitative estimate of drug-likeness (QED) is 0.597. The van der Waals surface area contributed by atoms with E-state index in [9.17, 15) is 13.2 Å². The van der Waals surface area contributed by atoms with Crippen LogP contribution >= 0.6 is 0 Å². The normalized spacial score (nSPS) is 13.9. The molecule has 1 amide bonds. The molecule has 0 heterocycles. The van der Waals surface area contributed by atoms with Crippen molar-refractivity contribution in [2.24, 2.45) is 11.7 Å². The van der Waals surface area contributed by atoms with Gasteiger partial charge in [0.1, 0.15) is 6.04 Å². The molecule has 0 aromatic rings. The van der Waals surface area contributed by atoms with Gasteiger partial charge >= 0.3 is 0 Å². The standard InChI is InChI=1S/C8H16N2O3S/c1-4-5-14(12,13)10-7(6(2)3)8(9)11/h4,6-7,10H,1,5H2,2-3H3,(H2,9,11). The average molecular weight is 220 g/mol. The molecule has 0 radical (unpaired) electrons. The number of carbonyl (C=O) groups excluding carboxylic acids is 1. The molecule has 0 aromatic heterocycles. The van der Waals surface area contributed by atoms with Crippen LogP contribution in [0.1, 0.15) is 13.8 Å². The number of nitrogens with two attached hydrogens (primary N) is 1. The third-order valence-electron chi connectivity index (χ3n) is 1.62. The van der Waals surface area contributed by atoms with Crippen LogP contribution in [0.2, 0.25) is 0 Å². The molecule has 0 saturated heterocycles. The maximum Gasteiger partial charge on any atom is 0.235 e. The van der Waals surface area contributed by atoms with Crippen molar-refractivity contribution in [3.05, 3.63) is 12.7 Å². The van der Waals surface area contributed by atoms with E-state index in [-0.39, 0.29) is 11.7 Å². The Bertz CT molecular complexity index is 309. The Balaban J connectivity index is 4.61. The van der Waals surface area contributed by atoms with E-state index < -0.39 is 22.0 Å². The van der Waals surface area contributed by atoms with Gasteiger partial charge in [0.2, 0.25) is 15.9 Å². The highest BCUT2D eigenvalue weighted by molar-refractivity contribution is 7.89. The molecule has 6 heteroatoms. The second-order valence-corrected chi connectivity index (χ2v) is 5.11. The number of amides is 1. The summed E-state index contributed by atoms with van der Waals surface area (Å²) in [5.41, 5.74) is 5.05. The largest absolute Gasteiger partial charge is 0.368 e. The zero-order valence-corrected chi connectivity index (χ0v) is 9.17. The summed E-state index contributed by atoms with van der Waals surface area (Å²) in [7, 11) is -3.49. The van der Waals surface area contributed by atoms with Crippen LogP contribution < -0.4 is 10.5 Å². The number of hydrogen-bond donors (Lipinski definition) is 2. The number of nitrogens with one attached hydrogen (secondary N) is 1. The Hall–Kier alpha value is -0.880. The van der Waals surface area contributed by atoms with E-state index in [1.165, 1.54) is 6.08 Å². The van der Waals surface area contributed by atoms with Gasteiger partial charge in [-0.1, -0.05) is 19.9 Å². The first-order valence-corrected chi connectivity index (χ1v) is 5.85. The molecule has 1 atom stereocenters. The van der Waals surface area contributed by atoms with Crippen LogP contribution in [-0.2, 0) is 14.8 Å². The van der Waals surface area contributed by atoms with Crippen molar-refractivity contribution < 1.29 is 13.2 Å². The molecule has 1 unspecified atom stereocenters. The van der Waals surface area contributed by atoms with Crippen molar-refractivity contribution in [3.63, 3.8) is 0 Å². The minimum atomic E-state index is -3.49. The molecule has 0 bridgehead atoms. The molecule has 0 rings (SSSR count). The van der Waals surface area contributed by atoms with Crippen molar-refractivity contribution in [1.29, 1.82) is 0 Å². The van der Waals surface area contributed by atoms with E-state index in [0.717, 1.165) is 0 Å². The van der Waals surface area contributed by atoms with Crippen molar-refractivity contribution in [3.8, 4) is 0 Å². The highest BCUT2D eigenvalue weighted by Gasteiger charge is 2.24. The Morgan fingerprint density at radius 1 is 1.57 bits per heavy atom. The fraction of sp³-hybridized carbons (Fsp3) is 0.625. The Labute approximate surface area is 84.4 Å². The lowest BCUT2D eigenvalue weighted by Crippen LogP contribution is -2.48. The second kappa shape index (κ2) is 5.11.